The average Bonchev–Trinajstić information content (AvgIpc) is 3.58. The summed E-state index contributed by atoms with van der Waals surface area (Å²) in [7, 11) is 0. The zero-order valence-electron chi connectivity index (χ0n) is 16.0. The van der Waals surface area contributed by atoms with E-state index < -0.39 is 0 Å². The molecule has 154 valence electrons. The predicted octanol–water partition coefficient (Wildman–Crippen LogP) is 4.60. The predicted molar refractivity (Wildman–Crippen MR) is 117 cm³/mol. The van der Waals surface area contributed by atoms with Crippen molar-refractivity contribution in [1.82, 2.24) is 19.6 Å². The molecule has 0 fully saturated rings. The molecule has 8 nitrogen and oxygen atoms in total. The van der Waals surface area contributed by atoms with Gasteiger partial charge in [0, 0.05) is 6.42 Å². The Morgan fingerprint density at radius 2 is 1.97 bits per heavy atom. The molecule has 1 aliphatic rings. The van der Waals surface area contributed by atoms with Gasteiger partial charge in [0.05, 0.1) is 28.5 Å². The number of benzene rings is 1. The van der Waals surface area contributed by atoms with Crippen LogP contribution in [0.1, 0.15) is 24.0 Å². The van der Waals surface area contributed by atoms with Crippen molar-refractivity contribution in [2.45, 2.75) is 17.6 Å². The first-order chi connectivity index (χ1) is 15.3. The molecule has 0 aliphatic carbocycles. The molecule has 1 unspecified atom stereocenters. The van der Waals surface area contributed by atoms with E-state index in [1.807, 2.05) is 46.9 Å². The van der Waals surface area contributed by atoms with Crippen molar-refractivity contribution in [3.8, 4) is 0 Å². The molecule has 0 spiro atoms. The lowest BCUT2D eigenvalue weighted by atomic mass is 10.1. The SMILES string of the molecule is O=C(CSc1nnc2sc3ccccc3n12)N1N=C(c2ccco2)CC1c1ccco1. The van der Waals surface area contributed by atoms with Crippen LogP contribution < -0.4 is 0 Å². The van der Waals surface area contributed by atoms with Crippen LogP contribution in [0.15, 0.2) is 80.1 Å². The summed E-state index contributed by atoms with van der Waals surface area (Å²) >= 11 is 2.93. The third kappa shape index (κ3) is 3.15. The van der Waals surface area contributed by atoms with Crippen LogP contribution in [0, 0.1) is 0 Å². The number of aromatic nitrogens is 3. The van der Waals surface area contributed by atoms with E-state index in [4.69, 9.17) is 8.83 Å². The van der Waals surface area contributed by atoms with Crippen LogP contribution >= 0.6 is 23.1 Å². The van der Waals surface area contributed by atoms with Crippen molar-refractivity contribution in [2.75, 3.05) is 5.75 Å². The standard InChI is InChI=1S/C21H15N5O3S2/c27-19(12-30-20-22-23-21-25(20)14-5-1-2-8-18(14)31-21)26-15(17-7-4-10-29-17)11-13(24-26)16-6-3-9-28-16/h1-10,15H,11-12H2. The summed E-state index contributed by atoms with van der Waals surface area (Å²) in [4.78, 5) is 14.0. The van der Waals surface area contributed by atoms with Crippen molar-refractivity contribution in [2.24, 2.45) is 5.10 Å². The van der Waals surface area contributed by atoms with Crippen LogP contribution in [0.25, 0.3) is 15.2 Å². The Bertz CT molecular complexity index is 1400. The molecule has 5 heterocycles. The Morgan fingerprint density at radius 1 is 1.10 bits per heavy atom. The molecule has 1 atom stereocenters. The summed E-state index contributed by atoms with van der Waals surface area (Å²) in [6, 6.07) is 15.1. The van der Waals surface area contributed by atoms with E-state index in [1.165, 1.54) is 16.8 Å². The largest absolute Gasteiger partial charge is 0.467 e. The lowest BCUT2D eigenvalue weighted by molar-refractivity contribution is -0.130. The van der Waals surface area contributed by atoms with Gasteiger partial charge in [0.15, 0.2) is 5.16 Å². The molecule has 10 heteroatoms. The number of carbonyl (C=O) groups excluding carboxylic acids is 1. The van der Waals surface area contributed by atoms with E-state index >= 15 is 0 Å². The van der Waals surface area contributed by atoms with Gasteiger partial charge in [0.25, 0.3) is 5.91 Å². The normalized spacial score (nSPS) is 16.5. The molecule has 31 heavy (non-hydrogen) atoms. The Morgan fingerprint density at radius 3 is 2.81 bits per heavy atom. The highest BCUT2D eigenvalue weighted by Gasteiger charge is 2.35. The third-order valence-electron chi connectivity index (χ3n) is 5.08. The van der Waals surface area contributed by atoms with Gasteiger partial charge >= 0.3 is 0 Å². The molecule has 0 radical (unpaired) electrons. The first kappa shape index (κ1) is 18.4. The Hall–Kier alpha value is -3.37. The topological polar surface area (TPSA) is 89.1 Å². The monoisotopic (exact) mass is 449 g/mol. The zero-order chi connectivity index (χ0) is 20.8. The van der Waals surface area contributed by atoms with E-state index in [0.717, 1.165) is 20.9 Å². The second-order valence-electron chi connectivity index (χ2n) is 6.96. The number of rotatable bonds is 5. The number of hydrazone groups is 1. The first-order valence-electron chi connectivity index (χ1n) is 9.60. The Labute approximate surface area is 184 Å². The van der Waals surface area contributed by atoms with Crippen LogP contribution in [0.3, 0.4) is 0 Å². The molecule has 0 bridgehead atoms. The number of amides is 1. The number of hydrogen-bond donors (Lipinski definition) is 0. The summed E-state index contributed by atoms with van der Waals surface area (Å²) in [6.45, 7) is 0. The van der Waals surface area contributed by atoms with Crippen molar-refractivity contribution >= 4 is 49.9 Å². The fourth-order valence-electron chi connectivity index (χ4n) is 3.68. The molecule has 0 saturated heterocycles. The number of nitrogens with zero attached hydrogens (tertiary/aromatic N) is 5. The van der Waals surface area contributed by atoms with E-state index in [1.54, 1.807) is 23.9 Å². The van der Waals surface area contributed by atoms with Crippen molar-refractivity contribution in [3.63, 3.8) is 0 Å². The van der Waals surface area contributed by atoms with E-state index in [2.05, 4.69) is 21.4 Å². The van der Waals surface area contributed by atoms with Crippen molar-refractivity contribution < 1.29 is 13.6 Å². The van der Waals surface area contributed by atoms with Gasteiger partial charge in [-0.15, -0.1) is 10.2 Å². The Balaban J connectivity index is 1.27. The molecule has 1 amide bonds. The van der Waals surface area contributed by atoms with Gasteiger partial charge in [-0.25, -0.2) is 5.01 Å². The van der Waals surface area contributed by atoms with Gasteiger partial charge in [-0.3, -0.25) is 9.20 Å². The van der Waals surface area contributed by atoms with Gasteiger partial charge < -0.3 is 8.83 Å². The summed E-state index contributed by atoms with van der Waals surface area (Å²) in [5.41, 5.74) is 1.76. The molecule has 1 aliphatic heterocycles. The number of thiazole rings is 1. The molecule has 5 aromatic rings. The lowest BCUT2D eigenvalue weighted by Crippen LogP contribution is -2.28. The second-order valence-corrected chi connectivity index (χ2v) is 8.91. The second kappa shape index (κ2) is 7.40. The fourth-order valence-corrected chi connectivity index (χ4v) is 5.50. The Kier molecular flexibility index (Phi) is 4.39. The average molecular weight is 450 g/mol. The van der Waals surface area contributed by atoms with Crippen LogP contribution in [0.5, 0.6) is 0 Å². The van der Waals surface area contributed by atoms with Crippen molar-refractivity contribution in [1.29, 1.82) is 0 Å². The maximum Gasteiger partial charge on any atom is 0.253 e. The first-order valence-corrected chi connectivity index (χ1v) is 11.4. The molecule has 6 rings (SSSR count). The number of carbonyl (C=O) groups is 1. The van der Waals surface area contributed by atoms with Crippen LogP contribution in [-0.2, 0) is 4.79 Å². The molecule has 0 N–H and O–H groups in total. The smallest absolute Gasteiger partial charge is 0.253 e. The van der Waals surface area contributed by atoms with Gasteiger partial charge in [-0.1, -0.05) is 35.2 Å². The minimum atomic E-state index is -0.302. The van der Waals surface area contributed by atoms with E-state index in [0.29, 0.717) is 23.1 Å². The number of furan rings is 2. The third-order valence-corrected chi connectivity index (χ3v) is 7.00. The van der Waals surface area contributed by atoms with Gasteiger partial charge in [-0.2, -0.15) is 5.10 Å². The maximum atomic E-state index is 13.2. The molecular formula is C21H15N5O3S2. The molecule has 4 aromatic heterocycles. The van der Waals surface area contributed by atoms with Gasteiger partial charge in [0.2, 0.25) is 4.96 Å². The van der Waals surface area contributed by atoms with Gasteiger partial charge in [-0.05, 0) is 36.4 Å². The van der Waals surface area contributed by atoms with Crippen LogP contribution in [-0.4, -0.2) is 37.0 Å². The zero-order valence-corrected chi connectivity index (χ0v) is 17.7. The highest BCUT2D eigenvalue weighted by Crippen LogP contribution is 2.35. The summed E-state index contributed by atoms with van der Waals surface area (Å²) in [5.74, 6) is 1.39. The number of hydrogen-bond acceptors (Lipinski definition) is 8. The maximum absolute atomic E-state index is 13.2. The molecule has 1 aromatic carbocycles. The number of thioether (sulfide) groups is 1. The minimum absolute atomic E-state index is 0.135. The van der Waals surface area contributed by atoms with E-state index in [-0.39, 0.29) is 17.7 Å². The summed E-state index contributed by atoms with van der Waals surface area (Å²) in [6.07, 6.45) is 3.73. The molecule has 0 saturated carbocycles. The quantitative estimate of drug-likeness (QED) is 0.364. The minimum Gasteiger partial charge on any atom is -0.467 e. The highest BCUT2D eigenvalue weighted by molar-refractivity contribution is 7.99. The highest BCUT2D eigenvalue weighted by atomic mass is 32.2. The van der Waals surface area contributed by atoms with Gasteiger partial charge in [0.1, 0.15) is 23.3 Å². The van der Waals surface area contributed by atoms with Crippen molar-refractivity contribution in [3.05, 3.63) is 72.6 Å². The van der Waals surface area contributed by atoms with Crippen LogP contribution in [0.4, 0.5) is 0 Å². The lowest BCUT2D eigenvalue weighted by Gasteiger charge is -2.19. The van der Waals surface area contributed by atoms with E-state index in [9.17, 15) is 4.79 Å². The molecular weight excluding hydrogens is 434 g/mol. The van der Waals surface area contributed by atoms with Crippen LogP contribution in [0.2, 0.25) is 0 Å². The fraction of sp³-hybridized carbons (Fsp3) is 0.143. The number of para-hydroxylation sites is 1. The summed E-state index contributed by atoms with van der Waals surface area (Å²) < 4.78 is 14.2. The summed E-state index contributed by atoms with van der Waals surface area (Å²) in [5, 5.41) is 15.3. The number of fused-ring (bicyclic) bond motifs is 3.